The standard InChI is InChI=1S/C14H28N2O.ClH/c15-12-8-4-3-7-11-14(17)16-13-9-5-1-2-6-10-13;/h13H,1-12,15H2,(H,16,17);1H. The van der Waals surface area contributed by atoms with E-state index in [1.54, 1.807) is 0 Å². The molecule has 3 nitrogen and oxygen atoms in total. The minimum absolute atomic E-state index is 0. The molecule has 0 aromatic carbocycles. The second-order valence-electron chi connectivity index (χ2n) is 5.21. The Balaban J connectivity index is 0.00000289. The molecule has 0 spiro atoms. The van der Waals surface area contributed by atoms with E-state index in [9.17, 15) is 4.79 Å². The van der Waals surface area contributed by atoms with Gasteiger partial charge in [-0.05, 0) is 32.2 Å². The Morgan fingerprint density at radius 1 is 1.00 bits per heavy atom. The summed E-state index contributed by atoms with van der Waals surface area (Å²) in [7, 11) is 0. The first-order valence-corrected chi connectivity index (χ1v) is 7.32. The van der Waals surface area contributed by atoms with Crippen LogP contribution in [0.25, 0.3) is 0 Å². The van der Waals surface area contributed by atoms with Crippen LogP contribution in [0.3, 0.4) is 0 Å². The lowest BCUT2D eigenvalue weighted by atomic mass is 10.1. The average molecular weight is 277 g/mol. The van der Waals surface area contributed by atoms with Gasteiger partial charge in [0.15, 0.2) is 0 Å². The first-order valence-electron chi connectivity index (χ1n) is 7.32. The summed E-state index contributed by atoms with van der Waals surface area (Å²) >= 11 is 0. The van der Waals surface area contributed by atoms with Crippen molar-refractivity contribution in [2.24, 2.45) is 5.73 Å². The van der Waals surface area contributed by atoms with Crippen molar-refractivity contribution in [1.29, 1.82) is 0 Å². The summed E-state index contributed by atoms with van der Waals surface area (Å²) in [5.41, 5.74) is 5.43. The molecular weight excluding hydrogens is 248 g/mol. The number of halogens is 1. The summed E-state index contributed by atoms with van der Waals surface area (Å²) in [5, 5.41) is 3.19. The summed E-state index contributed by atoms with van der Waals surface area (Å²) in [5.74, 6) is 0.254. The second-order valence-corrected chi connectivity index (χ2v) is 5.21. The molecule has 108 valence electrons. The monoisotopic (exact) mass is 276 g/mol. The molecule has 0 aromatic rings. The van der Waals surface area contributed by atoms with Crippen LogP contribution in [-0.2, 0) is 4.79 Å². The molecule has 1 aliphatic carbocycles. The van der Waals surface area contributed by atoms with E-state index in [1.807, 2.05) is 0 Å². The Bertz CT molecular complexity index is 204. The molecule has 1 amide bonds. The smallest absolute Gasteiger partial charge is 0.220 e. The molecule has 0 aromatic heterocycles. The van der Waals surface area contributed by atoms with Gasteiger partial charge < -0.3 is 11.1 Å². The van der Waals surface area contributed by atoms with E-state index < -0.39 is 0 Å². The summed E-state index contributed by atoms with van der Waals surface area (Å²) in [6, 6.07) is 0.453. The largest absolute Gasteiger partial charge is 0.353 e. The molecule has 0 aliphatic heterocycles. The zero-order valence-corrected chi connectivity index (χ0v) is 12.3. The highest BCUT2D eigenvalue weighted by molar-refractivity contribution is 5.85. The molecule has 1 saturated carbocycles. The number of carbonyl (C=O) groups excluding carboxylic acids is 1. The van der Waals surface area contributed by atoms with Gasteiger partial charge in [-0.25, -0.2) is 0 Å². The number of rotatable bonds is 7. The van der Waals surface area contributed by atoms with Gasteiger partial charge in [0, 0.05) is 12.5 Å². The molecular formula is C14H29ClN2O. The predicted octanol–water partition coefficient (Wildman–Crippen LogP) is 3.16. The lowest BCUT2D eigenvalue weighted by molar-refractivity contribution is -0.122. The number of hydrogen-bond donors (Lipinski definition) is 2. The average Bonchev–Trinajstić information content (AvgIpc) is 2.57. The van der Waals surface area contributed by atoms with Gasteiger partial charge >= 0.3 is 0 Å². The summed E-state index contributed by atoms with van der Waals surface area (Å²) in [4.78, 5) is 11.7. The highest BCUT2D eigenvalue weighted by atomic mass is 35.5. The van der Waals surface area contributed by atoms with Crippen LogP contribution in [0.2, 0.25) is 0 Å². The van der Waals surface area contributed by atoms with Gasteiger partial charge in [0.1, 0.15) is 0 Å². The molecule has 4 heteroatoms. The molecule has 0 saturated heterocycles. The van der Waals surface area contributed by atoms with Crippen LogP contribution in [0.4, 0.5) is 0 Å². The van der Waals surface area contributed by atoms with E-state index in [2.05, 4.69) is 5.32 Å². The number of nitrogens with one attached hydrogen (secondary N) is 1. The number of hydrogen-bond acceptors (Lipinski definition) is 2. The zero-order valence-electron chi connectivity index (χ0n) is 11.5. The van der Waals surface area contributed by atoms with Crippen molar-refractivity contribution in [3.8, 4) is 0 Å². The molecule has 0 radical (unpaired) electrons. The summed E-state index contributed by atoms with van der Waals surface area (Å²) in [6.07, 6.45) is 12.7. The van der Waals surface area contributed by atoms with Crippen LogP contribution < -0.4 is 11.1 Å². The van der Waals surface area contributed by atoms with E-state index >= 15 is 0 Å². The maximum absolute atomic E-state index is 11.7. The molecule has 0 atom stereocenters. The molecule has 0 heterocycles. The van der Waals surface area contributed by atoms with Crippen molar-refractivity contribution < 1.29 is 4.79 Å². The highest BCUT2D eigenvalue weighted by Gasteiger charge is 2.13. The van der Waals surface area contributed by atoms with Crippen LogP contribution in [-0.4, -0.2) is 18.5 Å². The van der Waals surface area contributed by atoms with Crippen LogP contribution in [0.5, 0.6) is 0 Å². The Hall–Kier alpha value is -0.280. The van der Waals surface area contributed by atoms with Gasteiger partial charge in [-0.15, -0.1) is 12.4 Å². The fourth-order valence-corrected chi connectivity index (χ4v) is 2.51. The van der Waals surface area contributed by atoms with Gasteiger partial charge in [0.05, 0.1) is 0 Å². The number of carbonyl (C=O) groups is 1. The van der Waals surface area contributed by atoms with Crippen LogP contribution >= 0.6 is 12.4 Å². The van der Waals surface area contributed by atoms with Crippen molar-refractivity contribution in [2.75, 3.05) is 6.54 Å². The highest BCUT2D eigenvalue weighted by Crippen LogP contribution is 2.17. The zero-order chi connectivity index (χ0) is 12.3. The topological polar surface area (TPSA) is 55.1 Å². The first kappa shape index (κ1) is 17.7. The quantitative estimate of drug-likeness (QED) is 0.554. The SMILES string of the molecule is Cl.NCCCCCCC(=O)NC1CCCCCC1. The van der Waals surface area contributed by atoms with Gasteiger partial charge in [-0.1, -0.05) is 38.5 Å². The molecule has 3 N–H and O–H groups in total. The molecule has 18 heavy (non-hydrogen) atoms. The van der Waals surface area contributed by atoms with E-state index in [1.165, 1.54) is 38.5 Å². The maximum atomic E-state index is 11.7. The summed E-state index contributed by atoms with van der Waals surface area (Å²) < 4.78 is 0. The van der Waals surface area contributed by atoms with Crippen LogP contribution in [0.15, 0.2) is 0 Å². The van der Waals surface area contributed by atoms with Crippen molar-refractivity contribution in [2.45, 2.75) is 76.7 Å². The maximum Gasteiger partial charge on any atom is 0.220 e. The second kappa shape index (κ2) is 11.8. The van der Waals surface area contributed by atoms with Crippen molar-refractivity contribution in [1.82, 2.24) is 5.32 Å². The van der Waals surface area contributed by atoms with Gasteiger partial charge in [-0.2, -0.15) is 0 Å². The normalized spacial score (nSPS) is 16.7. The Labute approximate surface area is 118 Å². The van der Waals surface area contributed by atoms with Gasteiger partial charge in [-0.3, -0.25) is 4.79 Å². The Morgan fingerprint density at radius 3 is 2.22 bits per heavy atom. The molecule has 1 rings (SSSR count). The van der Waals surface area contributed by atoms with Gasteiger partial charge in [0.25, 0.3) is 0 Å². The van der Waals surface area contributed by atoms with Crippen molar-refractivity contribution in [3.05, 3.63) is 0 Å². The molecule has 0 unspecified atom stereocenters. The van der Waals surface area contributed by atoms with Crippen molar-refractivity contribution in [3.63, 3.8) is 0 Å². The fourth-order valence-electron chi connectivity index (χ4n) is 2.51. The number of unbranched alkanes of at least 4 members (excludes halogenated alkanes) is 3. The third-order valence-electron chi connectivity index (χ3n) is 3.58. The van der Waals surface area contributed by atoms with E-state index in [0.717, 1.165) is 32.2 Å². The predicted molar refractivity (Wildman–Crippen MR) is 79.0 cm³/mol. The minimum atomic E-state index is 0. The lowest BCUT2D eigenvalue weighted by Crippen LogP contribution is -2.34. The Morgan fingerprint density at radius 2 is 1.61 bits per heavy atom. The fraction of sp³-hybridized carbons (Fsp3) is 0.929. The van der Waals surface area contributed by atoms with Gasteiger partial charge in [0.2, 0.25) is 5.91 Å². The van der Waals surface area contributed by atoms with E-state index in [4.69, 9.17) is 5.73 Å². The molecule has 1 fully saturated rings. The Kier molecular flexibility index (Phi) is 11.6. The third kappa shape index (κ3) is 8.76. The number of amides is 1. The summed E-state index contributed by atoms with van der Waals surface area (Å²) in [6.45, 7) is 0.772. The van der Waals surface area contributed by atoms with E-state index in [-0.39, 0.29) is 18.3 Å². The lowest BCUT2D eigenvalue weighted by Gasteiger charge is -2.16. The third-order valence-corrected chi connectivity index (χ3v) is 3.58. The molecule has 1 aliphatic rings. The van der Waals surface area contributed by atoms with Crippen LogP contribution in [0.1, 0.15) is 70.6 Å². The minimum Gasteiger partial charge on any atom is -0.353 e. The first-order chi connectivity index (χ1) is 8.33. The number of nitrogens with two attached hydrogens (primary N) is 1. The van der Waals surface area contributed by atoms with E-state index in [0.29, 0.717) is 12.5 Å². The van der Waals surface area contributed by atoms with Crippen molar-refractivity contribution >= 4 is 18.3 Å². The molecule has 0 bridgehead atoms. The van der Waals surface area contributed by atoms with Crippen LogP contribution in [0, 0.1) is 0 Å².